The predicted octanol–water partition coefficient (Wildman–Crippen LogP) is 2.31. The molecular formula is C14H23NO2. The van der Waals surface area contributed by atoms with E-state index in [1.165, 1.54) is 11.1 Å². The molecule has 1 atom stereocenters. The quantitative estimate of drug-likeness (QED) is 0.704. The average Bonchev–Trinajstić information content (AvgIpc) is 2.33. The van der Waals surface area contributed by atoms with Crippen LogP contribution < -0.4 is 5.32 Å². The number of ether oxygens (including phenoxy) is 2. The molecule has 1 rings (SSSR count). The summed E-state index contributed by atoms with van der Waals surface area (Å²) in [6, 6.07) is 8.93. The fourth-order valence-electron chi connectivity index (χ4n) is 1.65. The van der Waals surface area contributed by atoms with E-state index in [9.17, 15) is 0 Å². The Balaban J connectivity index is 2.19. The van der Waals surface area contributed by atoms with Crippen LogP contribution in [0.25, 0.3) is 0 Å². The number of benzene rings is 1. The van der Waals surface area contributed by atoms with E-state index in [1.54, 1.807) is 7.11 Å². The van der Waals surface area contributed by atoms with Crippen LogP contribution in [0.15, 0.2) is 24.3 Å². The van der Waals surface area contributed by atoms with Gasteiger partial charge in [0, 0.05) is 19.7 Å². The van der Waals surface area contributed by atoms with E-state index in [1.807, 2.05) is 0 Å². The lowest BCUT2D eigenvalue weighted by molar-refractivity contribution is 0.0712. The Morgan fingerprint density at radius 3 is 2.76 bits per heavy atom. The first kappa shape index (κ1) is 14.2. The van der Waals surface area contributed by atoms with Crippen LogP contribution in [0.2, 0.25) is 0 Å². The molecule has 0 saturated heterocycles. The lowest BCUT2D eigenvalue weighted by Crippen LogP contribution is -2.23. The molecule has 1 aromatic rings. The van der Waals surface area contributed by atoms with Gasteiger partial charge in [0.25, 0.3) is 0 Å². The summed E-state index contributed by atoms with van der Waals surface area (Å²) in [5.74, 6) is 0. The van der Waals surface area contributed by atoms with Crippen molar-refractivity contribution in [1.29, 1.82) is 0 Å². The van der Waals surface area contributed by atoms with Crippen molar-refractivity contribution in [2.24, 2.45) is 0 Å². The van der Waals surface area contributed by atoms with Gasteiger partial charge in [-0.15, -0.1) is 0 Å². The lowest BCUT2D eigenvalue weighted by atomic mass is 10.1. The van der Waals surface area contributed by atoms with Crippen molar-refractivity contribution in [3.8, 4) is 0 Å². The first-order chi connectivity index (χ1) is 8.24. The summed E-state index contributed by atoms with van der Waals surface area (Å²) in [5.41, 5.74) is 2.62. The van der Waals surface area contributed by atoms with Gasteiger partial charge in [-0.3, -0.25) is 0 Å². The van der Waals surface area contributed by atoms with Crippen LogP contribution in [0, 0.1) is 6.92 Å². The van der Waals surface area contributed by atoms with Crippen molar-refractivity contribution >= 4 is 0 Å². The third-order valence-corrected chi connectivity index (χ3v) is 2.67. The van der Waals surface area contributed by atoms with Gasteiger partial charge in [0.05, 0.1) is 19.8 Å². The molecule has 0 radical (unpaired) electrons. The first-order valence-corrected chi connectivity index (χ1v) is 6.10. The SMILES string of the molecule is COCCOCCN[C@@H](C)c1cccc(C)c1. The molecule has 0 fully saturated rings. The summed E-state index contributed by atoms with van der Waals surface area (Å²) >= 11 is 0. The zero-order chi connectivity index (χ0) is 12.5. The third kappa shape index (κ3) is 5.82. The second kappa shape index (κ2) is 8.23. The van der Waals surface area contributed by atoms with Crippen LogP contribution in [0.4, 0.5) is 0 Å². The topological polar surface area (TPSA) is 30.5 Å². The maximum atomic E-state index is 5.40. The first-order valence-electron chi connectivity index (χ1n) is 6.10. The van der Waals surface area contributed by atoms with Gasteiger partial charge in [0.15, 0.2) is 0 Å². The van der Waals surface area contributed by atoms with Gasteiger partial charge >= 0.3 is 0 Å². The molecular weight excluding hydrogens is 214 g/mol. The Bertz CT molecular complexity index is 315. The van der Waals surface area contributed by atoms with Crippen LogP contribution in [0.5, 0.6) is 0 Å². The van der Waals surface area contributed by atoms with E-state index < -0.39 is 0 Å². The maximum Gasteiger partial charge on any atom is 0.0700 e. The molecule has 0 aliphatic rings. The number of hydrogen-bond acceptors (Lipinski definition) is 3. The number of rotatable bonds is 8. The highest BCUT2D eigenvalue weighted by atomic mass is 16.5. The van der Waals surface area contributed by atoms with Gasteiger partial charge in [-0.25, -0.2) is 0 Å². The lowest BCUT2D eigenvalue weighted by Gasteiger charge is -2.14. The number of hydrogen-bond donors (Lipinski definition) is 1. The Labute approximate surface area is 104 Å². The van der Waals surface area contributed by atoms with E-state index >= 15 is 0 Å². The molecule has 3 nitrogen and oxygen atoms in total. The van der Waals surface area contributed by atoms with Crippen LogP contribution in [0.3, 0.4) is 0 Å². The van der Waals surface area contributed by atoms with E-state index in [0.29, 0.717) is 19.3 Å². The normalized spacial score (nSPS) is 12.6. The van der Waals surface area contributed by atoms with Crippen molar-refractivity contribution in [2.75, 3.05) is 33.5 Å². The van der Waals surface area contributed by atoms with Crippen molar-refractivity contribution in [3.63, 3.8) is 0 Å². The highest BCUT2D eigenvalue weighted by Crippen LogP contribution is 2.13. The minimum atomic E-state index is 0.362. The van der Waals surface area contributed by atoms with Crippen molar-refractivity contribution in [3.05, 3.63) is 35.4 Å². The molecule has 0 saturated carbocycles. The van der Waals surface area contributed by atoms with Crippen LogP contribution >= 0.6 is 0 Å². The maximum absolute atomic E-state index is 5.40. The van der Waals surface area contributed by atoms with Gasteiger partial charge in [-0.1, -0.05) is 29.8 Å². The smallest absolute Gasteiger partial charge is 0.0700 e. The summed E-state index contributed by atoms with van der Waals surface area (Å²) in [6.07, 6.45) is 0. The number of methoxy groups -OCH3 is 1. The van der Waals surface area contributed by atoms with E-state index in [2.05, 4.69) is 43.4 Å². The molecule has 0 aromatic heterocycles. The fraction of sp³-hybridized carbons (Fsp3) is 0.571. The van der Waals surface area contributed by atoms with Crippen molar-refractivity contribution in [2.45, 2.75) is 19.9 Å². The molecule has 0 spiro atoms. The predicted molar refractivity (Wildman–Crippen MR) is 70.3 cm³/mol. The van der Waals surface area contributed by atoms with E-state index in [4.69, 9.17) is 9.47 Å². The highest BCUT2D eigenvalue weighted by molar-refractivity contribution is 5.24. The molecule has 0 bridgehead atoms. The van der Waals surface area contributed by atoms with Gasteiger partial charge < -0.3 is 14.8 Å². The summed E-state index contributed by atoms with van der Waals surface area (Å²) in [7, 11) is 1.68. The van der Waals surface area contributed by atoms with E-state index in [-0.39, 0.29) is 0 Å². The molecule has 0 unspecified atom stereocenters. The Morgan fingerprint density at radius 1 is 1.24 bits per heavy atom. The molecule has 0 aliphatic carbocycles. The fourth-order valence-corrected chi connectivity index (χ4v) is 1.65. The Hall–Kier alpha value is -0.900. The molecule has 0 aliphatic heterocycles. The standard InChI is InChI=1S/C14H23NO2/c1-12-5-4-6-14(11-12)13(2)15-7-8-17-10-9-16-3/h4-6,11,13,15H,7-10H2,1-3H3/t13-/m0/s1. The van der Waals surface area contributed by atoms with E-state index in [0.717, 1.165) is 13.2 Å². The molecule has 17 heavy (non-hydrogen) atoms. The second-order valence-corrected chi connectivity index (χ2v) is 4.20. The molecule has 3 heteroatoms. The van der Waals surface area contributed by atoms with Crippen LogP contribution in [-0.4, -0.2) is 33.5 Å². The van der Waals surface area contributed by atoms with Gasteiger partial charge in [-0.05, 0) is 19.4 Å². The third-order valence-electron chi connectivity index (χ3n) is 2.67. The summed E-state index contributed by atoms with van der Waals surface area (Å²) in [6.45, 7) is 7.19. The summed E-state index contributed by atoms with van der Waals surface area (Å²) < 4.78 is 10.3. The number of aryl methyl sites for hydroxylation is 1. The Morgan fingerprint density at radius 2 is 2.06 bits per heavy atom. The summed E-state index contributed by atoms with van der Waals surface area (Å²) in [5, 5.41) is 3.44. The Kier molecular flexibility index (Phi) is 6.86. The van der Waals surface area contributed by atoms with Crippen molar-refractivity contribution in [1.82, 2.24) is 5.32 Å². The molecule has 1 N–H and O–H groups in total. The average molecular weight is 237 g/mol. The second-order valence-electron chi connectivity index (χ2n) is 4.20. The largest absolute Gasteiger partial charge is 0.382 e. The molecule has 0 amide bonds. The van der Waals surface area contributed by atoms with Crippen molar-refractivity contribution < 1.29 is 9.47 Å². The minimum Gasteiger partial charge on any atom is -0.382 e. The zero-order valence-electron chi connectivity index (χ0n) is 11.0. The molecule has 96 valence electrons. The van der Waals surface area contributed by atoms with Gasteiger partial charge in [-0.2, -0.15) is 0 Å². The minimum absolute atomic E-state index is 0.362. The zero-order valence-corrected chi connectivity index (χ0v) is 11.0. The van der Waals surface area contributed by atoms with Gasteiger partial charge in [0.2, 0.25) is 0 Å². The molecule has 0 heterocycles. The van der Waals surface area contributed by atoms with Gasteiger partial charge in [0.1, 0.15) is 0 Å². The highest BCUT2D eigenvalue weighted by Gasteiger charge is 2.03. The van der Waals surface area contributed by atoms with Crippen LogP contribution in [-0.2, 0) is 9.47 Å². The monoisotopic (exact) mass is 237 g/mol. The summed E-state index contributed by atoms with van der Waals surface area (Å²) in [4.78, 5) is 0. The number of nitrogens with one attached hydrogen (secondary N) is 1. The van der Waals surface area contributed by atoms with Crippen LogP contribution in [0.1, 0.15) is 24.1 Å². The molecule has 1 aromatic carbocycles.